The summed E-state index contributed by atoms with van der Waals surface area (Å²) in [6, 6.07) is 6.48. The Morgan fingerprint density at radius 3 is 3.00 bits per heavy atom. The molecule has 0 amide bonds. The Morgan fingerprint density at radius 1 is 1.42 bits per heavy atom. The molecule has 1 atom stereocenters. The Balaban J connectivity index is 1.84. The minimum atomic E-state index is 0.573. The summed E-state index contributed by atoms with van der Waals surface area (Å²) in [5.41, 5.74) is 1.06. The minimum Gasteiger partial charge on any atom is -0.492 e. The molecular weight excluding hydrogens is 260 g/mol. The molecule has 1 heterocycles. The maximum atomic E-state index is 6.21. The van der Waals surface area contributed by atoms with E-state index < -0.39 is 0 Å². The van der Waals surface area contributed by atoms with Gasteiger partial charge in [-0.3, -0.25) is 0 Å². The van der Waals surface area contributed by atoms with Gasteiger partial charge in [0.1, 0.15) is 5.75 Å². The highest BCUT2D eigenvalue weighted by molar-refractivity contribution is 6.32. The SMILES string of the molecule is CCCOc1ccc(NCC2CCCCN2)cc1Cl. The second kappa shape index (κ2) is 7.61. The predicted octanol–water partition coefficient (Wildman–Crippen LogP) is 3.68. The molecule has 1 aliphatic heterocycles. The number of rotatable bonds is 6. The van der Waals surface area contributed by atoms with Crippen molar-refractivity contribution in [3.05, 3.63) is 23.2 Å². The molecule has 0 bridgehead atoms. The van der Waals surface area contributed by atoms with Crippen LogP contribution >= 0.6 is 11.6 Å². The Bertz CT molecular complexity index is 392. The van der Waals surface area contributed by atoms with Gasteiger partial charge in [0.25, 0.3) is 0 Å². The molecule has 3 nitrogen and oxygen atoms in total. The Morgan fingerprint density at radius 2 is 2.32 bits per heavy atom. The van der Waals surface area contributed by atoms with Crippen LogP contribution in [0.3, 0.4) is 0 Å². The van der Waals surface area contributed by atoms with Crippen molar-refractivity contribution in [1.29, 1.82) is 0 Å². The van der Waals surface area contributed by atoms with Gasteiger partial charge in [-0.25, -0.2) is 0 Å². The van der Waals surface area contributed by atoms with Crippen molar-refractivity contribution >= 4 is 17.3 Å². The Hall–Kier alpha value is -0.930. The zero-order valence-electron chi connectivity index (χ0n) is 11.5. The van der Waals surface area contributed by atoms with Crippen LogP contribution in [0.4, 0.5) is 5.69 Å². The molecule has 1 unspecified atom stereocenters. The van der Waals surface area contributed by atoms with Crippen LogP contribution < -0.4 is 15.4 Å². The monoisotopic (exact) mass is 282 g/mol. The molecule has 106 valence electrons. The van der Waals surface area contributed by atoms with E-state index in [0.717, 1.165) is 30.9 Å². The Labute approximate surface area is 120 Å². The topological polar surface area (TPSA) is 33.3 Å². The van der Waals surface area contributed by atoms with Crippen LogP contribution in [0, 0.1) is 0 Å². The average Bonchev–Trinajstić information content (AvgIpc) is 2.45. The fourth-order valence-corrected chi connectivity index (χ4v) is 2.51. The summed E-state index contributed by atoms with van der Waals surface area (Å²) in [6.07, 6.45) is 4.86. The molecule has 2 rings (SSSR count). The maximum Gasteiger partial charge on any atom is 0.138 e. The van der Waals surface area contributed by atoms with E-state index in [-0.39, 0.29) is 0 Å². The zero-order chi connectivity index (χ0) is 13.5. The van der Waals surface area contributed by atoms with Gasteiger partial charge >= 0.3 is 0 Å². The van der Waals surface area contributed by atoms with Gasteiger partial charge < -0.3 is 15.4 Å². The van der Waals surface area contributed by atoms with E-state index in [4.69, 9.17) is 16.3 Å². The quantitative estimate of drug-likeness (QED) is 0.835. The number of hydrogen-bond acceptors (Lipinski definition) is 3. The predicted molar refractivity (Wildman–Crippen MR) is 81.4 cm³/mol. The van der Waals surface area contributed by atoms with Crippen molar-refractivity contribution in [3.63, 3.8) is 0 Å². The molecule has 1 aliphatic rings. The minimum absolute atomic E-state index is 0.573. The van der Waals surface area contributed by atoms with Gasteiger partial charge in [0.2, 0.25) is 0 Å². The lowest BCUT2D eigenvalue weighted by molar-refractivity contribution is 0.317. The number of halogens is 1. The van der Waals surface area contributed by atoms with Crippen LogP contribution in [0.1, 0.15) is 32.6 Å². The smallest absolute Gasteiger partial charge is 0.138 e. The number of hydrogen-bond donors (Lipinski definition) is 2. The first kappa shape index (κ1) is 14.5. The number of ether oxygens (including phenoxy) is 1. The van der Waals surface area contributed by atoms with Gasteiger partial charge in [-0.1, -0.05) is 24.9 Å². The molecule has 0 aliphatic carbocycles. The van der Waals surface area contributed by atoms with Crippen LogP contribution in [0.2, 0.25) is 5.02 Å². The van der Waals surface area contributed by atoms with Gasteiger partial charge in [0, 0.05) is 18.3 Å². The summed E-state index contributed by atoms with van der Waals surface area (Å²) in [7, 11) is 0. The lowest BCUT2D eigenvalue weighted by Gasteiger charge is -2.24. The van der Waals surface area contributed by atoms with Gasteiger partial charge in [-0.15, -0.1) is 0 Å². The normalized spacial score (nSPS) is 19.2. The third-order valence-electron chi connectivity index (χ3n) is 3.36. The zero-order valence-corrected chi connectivity index (χ0v) is 12.3. The van der Waals surface area contributed by atoms with Gasteiger partial charge in [0.05, 0.1) is 11.6 Å². The van der Waals surface area contributed by atoms with Crippen LogP contribution in [0.15, 0.2) is 18.2 Å². The summed E-state index contributed by atoms with van der Waals surface area (Å²) >= 11 is 6.21. The first-order chi connectivity index (χ1) is 9.29. The van der Waals surface area contributed by atoms with Crippen molar-refractivity contribution in [2.45, 2.75) is 38.6 Å². The Kier molecular flexibility index (Phi) is 5.80. The molecular formula is C15H23ClN2O. The van der Waals surface area contributed by atoms with Crippen molar-refractivity contribution in [3.8, 4) is 5.75 Å². The van der Waals surface area contributed by atoms with E-state index in [0.29, 0.717) is 17.7 Å². The maximum absolute atomic E-state index is 6.21. The molecule has 4 heteroatoms. The second-order valence-electron chi connectivity index (χ2n) is 5.02. The second-order valence-corrected chi connectivity index (χ2v) is 5.43. The van der Waals surface area contributed by atoms with Gasteiger partial charge in [-0.05, 0) is 44.0 Å². The van der Waals surface area contributed by atoms with E-state index in [9.17, 15) is 0 Å². The summed E-state index contributed by atoms with van der Waals surface area (Å²) in [5, 5.41) is 7.64. The van der Waals surface area contributed by atoms with Crippen LogP contribution in [0.5, 0.6) is 5.75 Å². The molecule has 0 saturated carbocycles. The number of anilines is 1. The fourth-order valence-electron chi connectivity index (χ4n) is 2.28. The van der Waals surface area contributed by atoms with E-state index in [1.54, 1.807) is 0 Å². The summed E-state index contributed by atoms with van der Waals surface area (Å²) < 4.78 is 5.56. The first-order valence-electron chi connectivity index (χ1n) is 7.19. The van der Waals surface area contributed by atoms with Crippen LogP contribution in [0.25, 0.3) is 0 Å². The van der Waals surface area contributed by atoms with Gasteiger partial charge in [-0.2, -0.15) is 0 Å². The van der Waals surface area contributed by atoms with E-state index in [1.807, 2.05) is 18.2 Å². The molecule has 1 aromatic rings. The van der Waals surface area contributed by atoms with Gasteiger partial charge in [0.15, 0.2) is 0 Å². The molecule has 0 radical (unpaired) electrons. The molecule has 1 fully saturated rings. The van der Waals surface area contributed by atoms with E-state index >= 15 is 0 Å². The van der Waals surface area contributed by atoms with Crippen LogP contribution in [-0.4, -0.2) is 25.7 Å². The third kappa shape index (κ3) is 4.59. The lowest BCUT2D eigenvalue weighted by atomic mass is 10.1. The summed E-state index contributed by atoms with van der Waals surface area (Å²) in [4.78, 5) is 0. The molecule has 2 N–H and O–H groups in total. The number of nitrogens with one attached hydrogen (secondary N) is 2. The van der Waals surface area contributed by atoms with E-state index in [2.05, 4.69) is 17.6 Å². The standard InChI is InChI=1S/C15H23ClN2O/c1-2-9-19-15-7-6-12(10-14(15)16)18-11-13-5-3-4-8-17-13/h6-7,10,13,17-18H,2-5,8-9,11H2,1H3. The van der Waals surface area contributed by atoms with Crippen molar-refractivity contribution in [2.75, 3.05) is 25.0 Å². The van der Waals surface area contributed by atoms with Crippen molar-refractivity contribution in [2.24, 2.45) is 0 Å². The van der Waals surface area contributed by atoms with E-state index in [1.165, 1.54) is 19.3 Å². The molecule has 19 heavy (non-hydrogen) atoms. The molecule has 0 aromatic heterocycles. The van der Waals surface area contributed by atoms with Crippen molar-refractivity contribution < 1.29 is 4.74 Å². The average molecular weight is 283 g/mol. The van der Waals surface area contributed by atoms with Crippen LogP contribution in [-0.2, 0) is 0 Å². The molecule has 1 saturated heterocycles. The third-order valence-corrected chi connectivity index (χ3v) is 3.65. The molecule has 0 spiro atoms. The fraction of sp³-hybridized carbons (Fsp3) is 0.600. The highest BCUT2D eigenvalue weighted by atomic mass is 35.5. The summed E-state index contributed by atoms with van der Waals surface area (Å²) in [5.74, 6) is 0.768. The summed E-state index contributed by atoms with van der Waals surface area (Å²) in [6.45, 7) is 4.88. The molecule has 1 aromatic carbocycles. The lowest BCUT2D eigenvalue weighted by Crippen LogP contribution is -2.39. The largest absolute Gasteiger partial charge is 0.492 e. The van der Waals surface area contributed by atoms with Crippen molar-refractivity contribution in [1.82, 2.24) is 5.32 Å². The highest BCUT2D eigenvalue weighted by Crippen LogP contribution is 2.27. The number of piperidine rings is 1. The number of benzene rings is 1. The first-order valence-corrected chi connectivity index (χ1v) is 7.57. The highest BCUT2D eigenvalue weighted by Gasteiger charge is 2.12.